The van der Waals surface area contributed by atoms with E-state index in [4.69, 9.17) is 11.6 Å². The molecule has 0 spiro atoms. The van der Waals surface area contributed by atoms with E-state index in [-0.39, 0.29) is 0 Å². The first kappa shape index (κ1) is 11.6. The minimum atomic E-state index is 0.669. The van der Waals surface area contributed by atoms with E-state index in [9.17, 15) is 0 Å². The summed E-state index contributed by atoms with van der Waals surface area (Å²) in [6, 6.07) is 9.25. The van der Waals surface area contributed by atoms with Crippen LogP contribution in [-0.2, 0) is 0 Å². The summed E-state index contributed by atoms with van der Waals surface area (Å²) in [7, 11) is 0. The Bertz CT molecular complexity index is 382. The van der Waals surface area contributed by atoms with E-state index in [1.165, 1.54) is 37.7 Å². The molecule has 92 valence electrons. The maximum absolute atomic E-state index is 6.11. The fraction of sp³-hybridized carbons (Fsp3) is 0.600. The van der Waals surface area contributed by atoms with E-state index in [1.807, 2.05) is 6.07 Å². The molecule has 1 unspecified atom stereocenters. The predicted octanol–water partition coefficient (Wildman–Crippen LogP) is 3.98. The van der Waals surface area contributed by atoms with Crippen molar-refractivity contribution >= 4 is 11.6 Å². The van der Waals surface area contributed by atoms with E-state index in [2.05, 4.69) is 23.5 Å². The summed E-state index contributed by atoms with van der Waals surface area (Å²) in [5, 5.41) is 4.55. The minimum absolute atomic E-state index is 0.669. The van der Waals surface area contributed by atoms with Gasteiger partial charge in [0.25, 0.3) is 0 Å². The second-order valence-electron chi connectivity index (χ2n) is 5.54. The number of halogens is 1. The van der Waals surface area contributed by atoms with Crippen LogP contribution < -0.4 is 5.32 Å². The first-order valence-corrected chi connectivity index (χ1v) is 7.19. The van der Waals surface area contributed by atoms with Crippen molar-refractivity contribution < 1.29 is 0 Å². The van der Waals surface area contributed by atoms with Gasteiger partial charge in [0.15, 0.2) is 0 Å². The van der Waals surface area contributed by atoms with Crippen molar-refractivity contribution in [2.75, 3.05) is 6.54 Å². The van der Waals surface area contributed by atoms with Crippen LogP contribution in [-0.4, -0.2) is 12.6 Å². The smallest absolute Gasteiger partial charge is 0.0408 e. The molecule has 0 radical (unpaired) electrons. The lowest BCUT2D eigenvalue weighted by Crippen LogP contribution is -2.31. The molecule has 0 saturated heterocycles. The fourth-order valence-corrected chi connectivity index (χ4v) is 2.92. The zero-order chi connectivity index (χ0) is 11.7. The quantitative estimate of drug-likeness (QED) is 0.833. The van der Waals surface area contributed by atoms with Gasteiger partial charge in [-0.1, -0.05) is 30.2 Å². The highest BCUT2D eigenvalue weighted by Crippen LogP contribution is 2.39. The molecule has 0 heterocycles. The highest BCUT2D eigenvalue weighted by molar-refractivity contribution is 6.30. The molecule has 1 atom stereocenters. The Kier molecular flexibility index (Phi) is 3.39. The molecule has 2 heteroatoms. The molecular weight excluding hydrogens is 230 g/mol. The van der Waals surface area contributed by atoms with Gasteiger partial charge in [0.05, 0.1) is 0 Å². The molecule has 2 fully saturated rings. The summed E-state index contributed by atoms with van der Waals surface area (Å²) in [6.07, 6.45) is 6.93. The van der Waals surface area contributed by atoms with E-state index in [0.717, 1.165) is 23.5 Å². The van der Waals surface area contributed by atoms with E-state index < -0.39 is 0 Å². The fourth-order valence-electron chi connectivity index (χ4n) is 2.72. The van der Waals surface area contributed by atoms with Gasteiger partial charge in [-0.25, -0.2) is 0 Å². The second kappa shape index (κ2) is 4.99. The summed E-state index contributed by atoms with van der Waals surface area (Å²) in [5.41, 5.74) is 1.43. The Morgan fingerprint density at radius 3 is 2.65 bits per heavy atom. The standard InChI is InChI=1S/C15H20ClN/c16-13-6-2-5-12(9-13)15(11-3-1-4-11)10-17-14-7-8-14/h2,5-6,9,11,14-15,17H,1,3-4,7-8,10H2. The molecule has 0 aliphatic heterocycles. The van der Waals surface area contributed by atoms with Gasteiger partial charge < -0.3 is 5.32 Å². The van der Waals surface area contributed by atoms with Crippen molar-refractivity contribution in [3.63, 3.8) is 0 Å². The van der Waals surface area contributed by atoms with Gasteiger partial charge in [0.2, 0.25) is 0 Å². The first-order valence-electron chi connectivity index (χ1n) is 6.82. The minimum Gasteiger partial charge on any atom is -0.313 e. The molecule has 2 aliphatic rings. The summed E-state index contributed by atoms with van der Waals surface area (Å²) < 4.78 is 0. The lowest BCUT2D eigenvalue weighted by Gasteiger charge is -2.34. The molecule has 1 nitrogen and oxygen atoms in total. The summed E-state index contributed by atoms with van der Waals surface area (Å²) in [4.78, 5) is 0. The zero-order valence-corrected chi connectivity index (χ0v) is 10.9. The van der Waals surface area contributed by atoms with Gasteiger partial charge in [-0.2, -0.15) is 0 Å². The lowest BCUT2D eigenvalue weighted by molar-refractivity contribution is 0.254. The average Bonchev–Trinajstić information content (AvgIpc) is 3.05. The van der Waals surface area contributed by atoms with Crippen molar-refractivity contribution in [1.82, 2.24) is 5.32 Å². The normalized spacial score (nSPS) is 22.2. The van der Waals surface area contributed by atoms with Crippen LogP contribution in [0, 0.1) is 5.92 Å². The van der Waals surface area contributed by atoms with Gasteiger partial charge >= 0.3 is 0 Å². The lowest BCUT2D eigenvalue weighted by atomic mass is 9.73. The topological polar surface area (TPSA) is 12.0 Å². The maximum atomic E-state index is 6.11. The first-order chi connectivity index (χ1) is 8.33. The molecule has 2 saturated carbocycles. The highest BCUT2D eigenvalue weighted by Gasteiger charge is 2.30. The van der Waals surface area contributed by atoms with Crippen LogP contribution >= 0.6 is 11.6 Å². The maximum Gasteiger partial charge on any atom is 0.0408 e. The van der Waals surface area contributed by atoms with Crippen LogP contribution in [0.5, 0.6) is 0 Å². The Morgan fingerprint density at radius 1 is 1.24 bits per heavy atom. The molecule has 0 aromatic heterocycles. The summed E-state index contributed by atoms with van der Waals surface area (Å²) in [5.74, 6) is 1.54. The van der Waals surface area contributed by atoms with Crippen molar-refractivity contribution in [3.05, 3.63) is 34.9 Å². The zero-order valence-electron chi connectivity index (χ0n) is 10.2. The Morgan fingerprint density at radius 2 is 2.06 bits per heavy atom. The van der Waals surface area contributed by atoms with Gasteiger partial charge in [-0.05, 0) is 55.2 Å². The van der Waals surface area contributed by atoms with Crippen molar-refractivity contribution in [2.45, 2.75) is 44.1 Å². The molecule has 3 rings (SSSR count). The van der Waals surface area contributed by atoms with Crippen molar-refractivity contribution in [3.8, 4) is 0 Å². The van der Waals surface area contributed by atoms with Crippen LogP contribution in [0.2, 0.25) is 5.02 Å². The number of hydrogen-bond donors (Lipinski definition) is 1. The van der Waals surface area contributed by atoms with E-state index in [1.54, 1.807) is 0 Å². The Labute approximate surface area is 109 Å². The molecule has 2 aliphatic carbocycles. The van der Waals surface area contributed by atoms with E-state index in [0.29, 0.717) is 5.92 Å². The SMILES string of the molecule is Clc1cccc(C(CNC2CC2)C2CCC2)c1. The third-order valence-electron chi connectivity index (χ3n) is 4.20. The third-order valence-corrected chi connectivity index (χ3v) is 4.43. The van der Waals surface area contributed by atoms with Gasteiger partial charge in [0, 0.05) is 17.6 Å². The predicted molar refractivity (Wildman–Crippen MR) is 72.6 cm³/mol. The molecule has 0 amide bonds. The molecular formula is C15H20ClN. The van der Waals surface area contributed by atoms with Crippen molar-refractivity contribution in [1.29, 1.82) is 0 Å². The van der Waals surface area contributed by atoms with Crippen LogP contribution in [0.1, 0.15) is 43.6 Å². The molecule has 1 N–H and O–H groups in total. The molecule has 1 aromatic carbocycles. The molecule has 0 bridgehead atoms. The van der Waals surface area contributed by atoms with Gasteiger partial charge in [-0.15, -0.1) is 0 Å². The van der Waals surface area contributed by atoms with Crippen LogP contribution in [0.3, 0.4) is 0 Å². The number of benzene rings is 1. The van der Waals surface area contributed by atoms with Crippen LogP contribution in [0.15, 0.2) is 24.3 Å². The molecule has 1 aromatic rings. The Balaban J connectivity index is 1.71. The summed E-state index contributed by atoms with van der Waals surface area (Å²) in [6.45, 7) is 1.13. The average molecular weight is 250 g/mol. The van der Waals surface area contributed by atoms with E-state index >= 15 is 0 Å². The number of rotatable bonds is 5. The third kappa shape index (κ3) is 2.83. The van der Waals surface area contributed by atoms with Gasteiger partial charge in [-0.3, -0.25) is 0 Å². The van der Waals surface area contributed by atoms with Crippen LogP contribution in [0.4, 0.5) is 0 Å². The number of hydrogen-bond acceptors (Lipinski definition) is 1. The highest BCUT2D eigenvalue weighted by atomic mass is 35.5. The Hall–Kier alpha value is -0.530. The van der Waals surface area contributed by atoms with Crippen molar-refractivity contribution in [2.24, 2.45) is 5.92 Å². The second-order valence-corrected chi connectivity index (χ2v) is 5.97. The monoisotopic (exact) mass is 249 g/mol. The summed E-state index contributed by atoms with van der Waals surface area (Å²) >= 11 is 6.11. The number of nitrogens with one attached hydrogen (secondary N) is 1. The largest absolute Gasteiger partial charge is 0.313 e. The van der Waals surface area contributed by atoms with Crippen LogP contribution in [0.25, 0.3) is 0 Å². The van der Waals surface area contributed by atoms with Gasteiger partial charge in [0.1, 0.15) is 0 Å². The molecule has 17 heavy (non-hydrogen) atoms.